The fourth-order valence-electron chi connectivity index (χ4n) is 1.38. The lowest BCUT2D eigenvalue weighted by atomic mass is 10.0. The van der Waals surface area contributed by atoms with Crippen molar-refractivity contribution in [2.75, 3.05) is 19.5 Å². The highest BCUT2D eigenvalue weighted by atomic mass is 32.2. The number of methoxy groups -OCH3 is 1. The number of benzene rings is 1. The first-order valence-electron chi connectivity index (χ1n) is 5.53. The van der Waals surface area contributed by atoms with Gasteiger partial charge in [-0.15, -0.1) is 11.8 Å². The largest absolute Gasteiger partial charge is 0.390 e. The predicted molar refractivity (Wildman–Crippen MR) is 69.1 cm³/mol. The van der Waals surface area contributed by atoms with E-state index in [9.17, 15) is 5.11 Å². The topological polar surface area (TPSA) is 29.5 Å². The molecule has 0 aromatic heterocycles. The summed E-state index contributed by atoms with van der Waals surface area (Å²) in [6.45, 7) is 4.77. The van der Waals surface area contributed by atoms with E-state index in [0.29, 0.717) is 18.3 Å². The molecule has 0 aliphatic heterocycles. The van der Waals surface area contributed by atoms with Crippen molar-refractivity contribution in [3.8, 4) is 0 Å². The zero-order valence-electron chi connectivity index (χ0n) is 10.1. The zero-order valence-corrected chi connectivity index (χ0v) is 11.0. The highest BCUT2D eigenvalue weighted by Gasteiger charge is 2.04. The van der Waals surface area contributed by atoms with Crippen LogP contribution in [0.15, 0.2) is 29.2 Å². The molecule has 0 radical (unpaired) electrons. The highest BCUT2D eigenvalue weighted by Crippen LogP contribution is 2.22. The van der Waals surface area contributed by atoms with Crippen molar-refractivity contribution in [3.05, 3.63) is 29.8 Å². The highest BCUT2D eigenvalue weighted by molar-refractivity contribution is 7.99. The quantitative estimate of drug-likeness (QED) is 0.775. The fourth-order valence-corrected chi connectivity index (χ4v) is 2.19. The summed E-state index contributed by atoms with van der Waals surface area (Å²) >= 11 is 1.66. The van der Waals surface area contributed by atoms with Gasteiger partial charge >= 0.3 is 0 Å². The lowest BCUT2D eigenvalue weighted by molar-refractivity contribution is 0.0794. The molecular weight excluding hydrogens is 220 g/mol. The van der Waals surface area contributed by atoms with Gasteiger partial charge in [0.1, 0.15) is 0 Å². The molecule has 1 unspecified atom stereocenters. The van der Waals surface area contributed by atoms with Gasteiger partial charge < -0.3 is 9.84 Å². The van der Waals surface area contributed by atoms with Gasteiger partial charge in [0, 0.05) is 17.8 Å². The molecule has 0 spiro atoms. The van der Waals surface area contributed by atoms with Gasteiger partial charge in [0.15, 0.2) is 0 Å². The van der Waals surface area contributed by atoms with Crippen molar-refractivity contribution in [2.24, 2.45) is 0 Å². The first kappa shape index (κ1) is 13.6. The van der Waals surface area contributed by atoms with Crippen LogP contribution in [-0.4, -0.2) is 30.7 Å². The Balaban J connectivity index is 2.43. The van der Waals surface area contributed by atoms with Crippen LogP contribution in [0, 0.1) is 0 Å². The van der Waals surface area contributed by atoms with E-state index in [4.69, 9.17) is 4.74 Å². The Morgan fingerprint density at radius 2 is 1.88 bits per heavy atom. The van der Waals surface area contributed by atoms with Crippen LogP contribution >= 0.6 is 11.8 Å². The molecule has 1 aromatic rings. The van der Waals surface area contributed by atoms with Crippen molar-refractivity contribution in [1.82, 2.24) is 0 Å². The normalized spacial score (nSPS) is 13.1. The van der Waals surface area contributed by atoms with Crippen LogP contribution in [0.4, 0.5) is 0 Å². The van der Waals surface area contributed by atoms with E-state index in [1.54, 1.807) is 18.9 Å². The van der Waals surface area contributed by atoms with E-state index in [2.05, 4.69) is 38.1 Å². The van der Waals surface area contributed by atoms with Gasteiger partial charge in [-0.2, -0.15) is 0 Å². The molecule has 90 valence electrons. The van der Waals surface area contributed by atoms with Crippen LogP contribution in [-0.2, 0) is 4.74 Å². The van der Waals surface area contributed by atoms with Crippen LogP contribution in [0.25, 0.3) is 0 Å². The smallest absolute Gasteiger partial charge is 0.0867 e. The Bertz CT molecular complexity index is 295. The van der Waals surface area contributed by atoms with E-state index in [-0.39, 0.29) is 6.10 Å². The van der Waals surface area contributed by atoms with Gasteiger partial charge in [-0.25, -0.2) is 0 Å². The number of ether oxygens (including phenoxy) is 1. The third-order valence-electron chi connectivity index (χ3n) is 2.35. The van der Waals surface area contributed by atoms with Gasteiger partial charge in [0.05, 0.1) is 12.7 Å². The molecule has 1 aromatic carbocycles. The van der Waals surface area contributed by atoms with Gasteiger partial charge in [-0.05, 0) is 23.6 Å². The molecular formula is C13H20O2S. The van der Waals surface area contributed by atoms with Crippen LogP contribution in [0.2, 0.25) is 0 Å². The lowest BCUT2D eigenvalue weighted by Gasteiger charge is -2.10. The number of hydrogen-bond acceptors (Lipinski definition) is 3. The summed E-state index contributed by atoms with van der Waals surface area (Å²) < 4.78 is 4.88. The summed E-state index contributed by atoms with van der Waals surface area (Å²) in [6, 6.07) is 8.52. The van der Waals surface area contributed by atoms with E-state index >= 15 is 0 Å². The van der Waals surface area contributed by atoms with Crippen LogP contribution in [0.5, 0.6) is 0 Å². The van der Waals surface area contributed by atoms with Crippen molar-refractivity contribution < 1.29 is 9.84 Å². The van der Waals surface area contributed by atoms with E-state index in [1.807, 2.05) is 0 Å². The van der Waals surface area contributed by atoms with Gasteiger partial charge in [0.2, 0.25) is 0 Å². The second-order valence-corrected chi connectivity index (χ2v) is 5.24. The maximum Gasteiger partial charge on any atom is 0.0867 e. The maximum atomic E-state index is 9.51. The van der Waals surface area contributed by atoms with Crippen molar-refractivity contribution in [2.45, 2.75) is 30.8 Å². The molecule has 0 saturated heterocycles. The monoisotopic (exact) mass is 240 g/mol. The third-order valence-corrected chi connectivity index (χ3v) is 3.51. The Hall–Kier alpha value is -0.510. The first-order valence-corrected chi connectivity index (χ1v) is 6.51. The number of aliphatic hydroxyl groups excluding tert-OH is 1. The fraction of sp³-hybridized carbons (Fsp3) is 0.538. The average molecular weight is 240 g/mol. The van der Waals surface area contributed by atoms with Gasteiger partial charge in [0.25, 0.3) is 0 Å². The molecule has 1 atom stereocenters. The van der Waals surface area contributed by atoms with E-state index in [0.717, 1.165) is 0 Å². The molecule has 0 heterocycles. The number of hydrogen-bond donors (Lipinski definition) is 1. The lowest BCUT2D eigenvalue weighted by Crippen LogP contribution is -2.16. The van der Waals surface area contributed by atoms with Crippen LogP contribution in [0.1, 0.15) is 25.3 Å². The molecule has 0 bridgehead atoms. The molecule has 2 nitrogen and oxygen atoms in total. The summed E-state index contributed by atoms with van der Waals surface area (Å²) in [5, 5.41) is 9.51. The predicted octanol–water partition coefficient (Wildman–Crippen LogP) is 2.91. The molecule has 0 fully saturated rings. The van der Waals surface area contributed by atoms with E-state index in [1.165, 1.54) is 10.5 Å². The summed E-state index contributed by atoms with van der Waals surface area (Å²) in [5.41, 5.74) is 1.35. The number of thioether (sulfide) groups is 1. The molecule has 0 aliphatic rings. The van der Waals surface area contributed by atoms with Crippen LogP contribution in [0.3, 0.4) is 0 Å². The Labute approximate surface area is 102 Å². The summed E-state index contributed by atoms with van der Waals surface area (Å²) in [4.78, 5) is 1.19. The van der Waals surface area contributed by atoms with E-state index < -0.39 is 0 Å². The molecule has 1 N–H and O–H groups in total. The molecule has 0 aliphatic carbocycles. The minimum atomic E-state index is -0.389. The van der Waals surface area contributed by atoms with Crippen molar-refractivity contribution >= 4 is 11.8 Å². The second kappa shape index (κ2) is 6.94. The molecule has 0 saturated carbocycles. The Kier molecular flexibility index (Phi) is 5.88. The SMILES string of the molecule is COCC(O)CSc1ccc(C(C)C)cc1. The minimum absolute atomic E-state index is 0.389. The minimum Gasteiger partial charge on any atom is -0.390 e. The second-order valence-electron chi connectivity index (χ2n) is 4.14. The average Bonchev–Trinajstić information content (AvgIpc) is 2.27. The van der Waals surface area contributed by atoms with Gasteiger partial charge in [-0.1, -0.05) is 26.0 Å². The summed E-state index contributed by atoms with van der Waals surface area (Å²) in [6.07, 6.45) is -0.389. The Morgan fingerprint density at radius 1 is 1.25 bits per heavy atom. The maximum absolute atomic E-state index is 9.51. The first-order chi connectivity index (χ1) is 7.63. The number of rotatable bonds is 6. The Morgan fingerprint density at radius 3 is 2.38 bits per heavy atom. The standard InChI is InChI=1S/C13H20O2S/c1-10(2)11-4-6-13(7-5-11)16-9-12(14)8-15-3/h4-7,10,12,14H,8-9H2,1-3H3. The van der Waals surface area contributed by atoms with Gasteiger partial charge in [-0.3, -0.25) is 0 Å². The molecule has 0 amide bonds. The molecule has 16 heavy (non-hydrogen) atoms. The third kappa shape index (κ3) is 4.56. The zero-order chi connectivity index (χ0) is 12.0. The summed E-state index contributed by atoms with van der Waals surface area (Å²) in [7, 11) is 1.60. The molecule has 1 rings (SSSR count). The molecule has 3 heteroatoms. The van der Waals surface area contributed by atoms with Crippen molar-refractivity contribution in [3.63, 3.8) is 0 Å². The van der Waals surface area contributed by atoms with Crippen LogP contribution < -0.4 is 0 Å². The van der Waals surface area contributed by atoms with Crippen molar-refractivity contribution in [1.29, 1.82) is 0 Å². The number of aliphatic hydroxyl groups is 1. The summed E-state index contributed by atoms with van der Waals surface area (Å²) in [5.74, 6) is 1.24.